The second-order valence-corrected chi connectivity index (χ2v) is 4.00. The minimum atomic E-state index is -4.72. The van der Waals surface area contributed by atoms with Crippen molar-refractivity contribution in [3.8, 4) is 17.0 Å². The van der Waals surface area contributed by atoms with Gasteiger partial charge in [0.15, 0.2) is 0 Å². The van der Waals surface area contributed by atoms with Gasteiger partial charge in [-0.25, -0.2) is 0 Å². The maximum Gasteiger partial charge on any atom is 0.573 e. The summed E-state index contributed by atoms with van der Waals surface area (Å²) in [6.45, 7) is 0.119. The van der Waals surface area contributed by atoms with Crippen molar-refractivity contribution in [2.24, 2.45) is 5.73 Å². The van der Waals surface area contributed by atoms with Gasteiger partial charge in [0, 0.05) is 17.8 Å². The lowest BCUT2D eigenvalue weighted by atomic mass is 10.1. The minimum Gasteiger partial charge on any atom is -0.406 e. The van der Waals surface area contributed by atoms with Crippen LogP contribution in [0.4, 0.5) is 13.2 Å². The van der Waals surface area contributed by atoms with Gasteiger partial charge >= 0.3 is 6.36 Å². The van der Waals surface area contributed by atoms with Gasteiger partial charge < -0.3 is 15.5 Å². The van der Waals surface area contributed by atoms with Gasteiger partial charge in [-0.05, 0) is 35.9 Å². The third kappa shape index (κ3) is 3.39. The number of aromatic amines is 1. The normalized spacial score (nSPS) is 11.4. The van der Waals surface area contributed by atoms with E-state index in [4.69, 9.17) is 5.73 Å². The molecular weight excluding hydrogens is 273 g/mol. The molecule has 3 N–H and O–H groups in total. The number of H-pyrrole nitrogens is 1. The summed E-state index contributed by atoms with van der Waals surface area (Å²) >= 11 is 0. The van der Waals surface area contributed by atoms with Crippen molar-refractivity contribution in [1.29, 1.82) is 0 Å². The number of nitrogens with two attached hydrogens (primary N) is 1. The summed E-state index contributed by atoms with van der Waals surface area (Å²) < 4.78 is 39.8. The number of rotatable bonds is 3. The summed E-state index contributed by atoms with van der Waals surface area (Å²) in [6, 6.07) is 8.43. The molecule has 0 fully saturated rings. The zero-order valence-corrected chi connectivity index (χ0v) is 10.2. The summed E-state index contributed by atoms with van der Waals surface area (Å²) in [4.78, 5) is 14.2. The van der Waals surface area contributed by atoms with Crippen molar-refractivity contribution in [2.75, 3.05) is 0 Å². The Morgan fingerprint density at radius 1 is 1.10 bits per heavy atom. The predicted molar refractivity (Wildman–Crippen MR) is 67.1 cm³/mol. The zero-order chi connectivity index (χ0) is 14.8. The fourth-order valence-corrected chi connectivity index (χ4v) is 1.67. The molecule has 2 rings (SSSR count). The standard InChI is InChI=1S/C13H11F3N2O2/c14-13(15,16)20-10-4-1-8(2-5-10)11-6-3-9(7-17)12(19)18-11/h1-6H,7,17H2,(H,18,19). The van der Waals surface area contributed by atoms with Crippen molar-refractivity contribution < 1.29 is 17.9 Å². The molecule has 1 aromatic carbocycles. The fourth-order valence-electron chi connectivity index (χ4n) is 1.67. The van der Waals surface area contributed by atoms with Gasteiger partial charge in [0.05, 0.1) is 0 Å². The van der Waals surface area contributed by atoms with Crippen LogP contribution >= 0.6 is 0 Å². The molecule has 0 atom stereocenters. The van der Waals surface area contributed by atoms with Gasteiger partial charge in [-0.2, -0.15) is 0 Å². The molecule has 20 heavy (non-hydrogen) atoms. The van der Waals surface area contributed by atoms with Crippen molar-refractivity contribution in [3.05, 3.63) is 52.3 Å². The Bertz CT molecular complexity index is 648. The molecule has 7 heteroatoms. The molecule has 1 aromatic heterocycles. The second kappa shape index (κ2) is 5.38. The lowest BCUT2D eigenvalue weighted by Gasteiger charge is -2.09. The van der Waals surface area contributed by atoms with Crippen molar-refractivity contribution in [1.82, 2.24) is 4.98 Å². The highest BCUT2D eigenvalue weighted by molar-refractivity contribution is 5.60. The summed E-state index contributed by atoms with van der Waals surface area (Å²) in [7, 11) is 0. The van der Waals surface area contributed by atoms with E-state index in [1.54, 1.807) is 12.1 Å². The molecule has 0 radical (unpaired) electrons. The average Bonchev–Trinajstić information content (AvgIpc) is 2.37. The number of nitrogens with one attached hydrogen (secondary N) is 1. The number of halogens is 3. The minimum absolute atomic E-state index is 0.119. The molecule has 0 unspecified atom stereocenters. The molecule has 2 aromatic rings. The van der Waals surface area contributed by atoms with E-state index in [0.29, 0.717) is 16.8 Å². The van der Waals surface area contributed by atoms with Crippen molar-refractivity contribution in [2.45, 2.75) is 12.9 Å². The Balaban J connectivity index is 2.26. The van der Waals surface area contributed by atoms with Crippen molar-refractivity contribution >= 4 is 0 Å². The number of hydrogen-bond acceptors (Lipinski definition) is 3. The van der Waals surface area contributed by atoms with E-state index in [-0.39, 0.29) is 17.9 Å². The Labute approximate surface area is 112 Å². The van der Waals surface area contributed by atoms with Crippen LogP contribution < -0.4 is 16.0 Å². The third-order valence-electron chi connectivity index (χ3n) is 2.61. The lowest BCUT2D eigenvalue weighted by Crippen LogP contribution is -2.17. The van der Waals surface area contributed by atoms with Crippen LogP contribution in [-0.4, -0.2) is 11.3 Å². The Morgan fingerprint density at radius 2 is 1.75 bits per heavy atom. The molecule has 0 aliphatic carbocycles. The smallest absolute Gasteiger partial charge is 0.406 e. The fraction of sp³-hybridized carbons (Fsp3) is 0.154. The quantitative estimate of drug-likeness (QED) is 0.909. The lowest BCUT2D eigenvalue weighted by molar-refractivity contribution is -0.274. The monoisotopic (exact) mass is 284 g/mol. The zero-order valence-electron chi connectivity index (χ0n) is 10.2. The molecule has 1 heterocycles. The van der Waals surface area contributed by atoms with Gasteiger partial charge in [0.2, 0.25) is 0 Å². The number of aromatic nitrogens is 1. The Kier molecular flexibility index (Phi) is 3.80. The molecule has 4 nitrogen and oxygen atoms in total. The highest BCUT2D eigenvalue weighted by Gasteiger charge is 2.30. The molecule has 0 aliphatic rings. The molecule has 106 valence electrons. The maximum atomic E-state index is 12.0. The number of benzene rings is 1. The predicted octanol–water partition coefficient (Wildman–Crippen LogP) is 2.40. The topological polar surface area (TPSA) is 68.1 Å². The van der Waals surface area contributed by atoms with Crippen LogP contribution in [0.15, 0.2) is 41.2 Å². The van der Waals surface area contributed by atoms with E-state index < -0.39 is 6.36 Å². The van der Waals surface area contributed by atoms with E-state index in [1.165, 1.54) is 24.3 Å². The van der Waals surface area contributed by atoms with Gasteiger partial charge in [0.25, 0.3) is 5.56 Å². The van der Waals surface area contributed by atoms with E-state index in [9.17, 15) is 18.0 Å². The van der Waals surface area contributed by atoms with Crippen LogP contribution in [0.25, 0.3) is 11.3 Å². The van der Waals surface area contributed by atoms with Crippen LogP contribution in [-0.2, 0) is 6.54 Å². The molecule has 0 saturated carbocycles. The molecule has 0 bridgehead atoms. The van der Waals surface area contributed by atoms with Crippen LogP contribution in [0.5, 0.6) is 5.75 Å². The molecule has 0 spiro atoms. The number of alkyl halides is 3. The Morgan fingerprint density at radius 3 is 2.25 bits per heavy atom. The number of pyridine rings is 1. The van der Waals surface area contributed by atoms with Crippen molar-refractivity contribution in [3.63, 3.8) is 0 Å². The van der Waals surface area contributed by atoms with Crippen LogP contribution in [0.1, 0.15) is 5.56 Å². The first-order chi connectivity index (χ1) is 9.39. The number of ether oxygens (including phenoxy) is 1. The highest BCUT2D eigenvalue weighted by atomic mass is 19.4. The van der Waals surface area contributed by atoms with Crippen LogP contribution in [0.3, 0.4) is 0 Å². The second-order valence-electron chi connectivity index (χ2n) is 4.00. The molecule has 0 amide bonds. The van der Waals surface area contributed by atoms with E-state index in [1.807, 2.05) is 0 Å². The van der Waals surface area contributed by atoms with E-state index in [2.05, 4.69) is 9.72 Å². The Hall–Kier alpha value is -2.28. The molecular formula is C13H11F3N2O2. The summed E-state index contributed by atoms with van der Waals surface area (Å²) in [6.07, 6.45) is -4.72. The average molecular weight is 284 g/mol. The maximum absolute atomic E-state index is 12.0. The molecule has 0 saturated heterocycles. The highest BCUT2D eigenvalue weighted by Crippen LogP contribution is 2.25. The van der Waals surface area contributed by atoms with Crippen LogP contribution in [0.2, 0.25) is 0 Å². The SMILES string of the molecule is NCc1ccc(-c2ccc(OC(F)(F)F)cc2)[nH]c1=O. The van der Waals surface area contributed by atoms with Crippen LogP contribution in [0, 0.1) is 0 Å². The van der Waals surface area contributed by atoms with E-state index >= 15 is 0 Å². The number of hydrogen-bond donors (Lipinski definition) is 2. The largest absolute Gasteiger partial charge is 0.573 e. The first-order valence-electron chi connectivity index (χ1n) is 5.67. The van der Waals surface area contributed by atoms with Gasteiger partial charge in [-0.1, -0.05) is 6.07 Å². The van der Waals surface area contributed by atoms with E-state index in [0.717, 1.165) is 0 Å². The van der Waals surface area contributed by atoms with Gasteiger partial charge in [0.1, 0.15) is 5.75 Å². The van der Waals surface area contributed by atoms with Gasteiger partial charge in [-0.3, -0.25) is 4.79 Å². The first kappa shape index (κ1) is 14.1. The molecule has 0 aliphatic heterocycles. The third-order valence-corrected chi connectivity index (χ3v) is 2.61. The summed E-state index contributed by atoms with van der Waals surface area (Å²) in [5.41, 5.74) is 6.55. The first-order valence-corrected chi connectivity index (χ1v) is 5.67. The summed E-state index contributed by atoms with van der Waals surface area (Å²) in [5, 5.41) is 0. The summed E-state index contributed by atoms with van der Waals surface area (Å²) in [5.74, 6) is -0.317. The van der Waals surface area contributed by atoms with Gasteiger partial charge in [-0.15, -0.1) is 13.2 Å².